The average Bonchev–Trinajstić information content (AvgIpc) is 3.18. The second-order valence-corrected chi connectivity index (χ2v) is 6.02. The zero-order chi connectivity index (χ0) is 19.0. The van der Waals surface area contributed by atoms with Gasteiger partial charge in [-0.2, -0.15) is 14.9 Å². The number of amides is 1. The van der Waals surface area contributed by atoms with Crippen LogP contribution >= 0.6 is 0 Å². The van der Waals surface area contributed by atoms with Crippen LogP contribution in [0.5, 0.6) is 5.75 Å². The maximum Gasteiger partial charge on any atom is 0.364 e. The Balaban J connectivity index is 1.69. The molecule has 0 atom stereocenters. The van der Waals surface area contributed by atoms with Gasteiger partial charge < -0.3 is 4.74 Å². The predicted molar refractivity (Wildman–Crippen MR) is 96.7 cm³/mol. The lowest BCUT2D eigenvalue weighted by Gasteiger charge is -2.16. The molecule has 0 radical (unpaired) electrons. The molecule has 1 aromatic heterocycles. The molecule has 8 nitrogen and oxygen atoms in total. The highest BCUT2D eigenvalue weighted by Gasteiger charge is 2.33. The molecule has 0 bridgehead atoms. The van der Waals surface area contributed by atoms with Crippen molar-refractivity contribution >= 4 is 11.7 Å². The third-order valence-electron chi connectivity index (χ3n) is 4.49. The van der Waals surface area contributed by atoms with Crippen molar-refractivity contribution in [3.8, 4) is 11.8 Å². The van der Waals surface area contributed by atoms with Gasteiger partial charge in [0.1, 0.15) is 5.75 Å². The van der Waals surface area contributed by atoms with Gasteiger partial charge in [-0.15, -0.1) is 0 Å². The van der Waals surface area contributed by atoms with Crippen LogP contribution in [0.3, 0.4) is 0 Å². The van der Waals surface area contributed by atoms with Crippen LogP contribution in [-0.2, 0) is 13.1 Å². The van der Waals surface area contributed by atoms with Crippen LogP contribution in [0.4, 0.5) is 10.5 Å². The molecule has 0 fully saturated rings. The van der Waals surface area contributed by atoms with Gasteiger partial charge in [0.2, 0.25) is 0 Å². The summed E-state index contributed by atoms with van der Waals surface area (Å²) in [5, 5.41) is 9.25. The van der Waals surface area contributed by atoms with Crippen LogP contribution in [0.25, 0.3) is 0 Å². The summed E-state index contributed by atoms with van der Waals surface area (Å²) in [5.41, 5.74) is 1.28. The quantitative estimate of drug-likeness (QED) is 0.708. The Morgan fingerprint density at radius 2 is 1.89 bits per heavy atom. The number of carbonyl (C=O) groups excluding carboxylic acids is 1. The van der Waals surface area contributed by atoms with Crippen LogP contribution in [-0.4, -0.2) is 27.5 Å². The molecule has 0 N–H and O–H groups in total. The van der Waals surface area contributed by atoms with Crippen molar-refractivity contribution in [3.63, 3.8) is 0 Å². The van der Waals surface area contributed by atoms with E-state index in [1.165, 1.54) is 14.3 Å². The van der Waals surface area contributed by atoms with Crippen LogP contribution < -0.4 is 15.3 Å². The second-order valence-electron chi connectivity index (χ2n) is 6.02. The predicted octanol–water partition coefficient (Wildman–Crippen LogP) is 1.96. The lowest BCUT2D eigenvalue weighted by molar-refractivity contribution is 0.244. The van der Waals surface area contributed by atoms with E-state index < -0.39 is 5.69 Å². The number of hydrogen-bond donors (Lipinski definition) is 0. The number of hydrogen-bond acceptors (Lipinski definition) is 5. The van der Waals surface area contributed by atoms with E-state index in [4.69, 9.17) is 4.74 Å². The Hall–Kier alpha value is -3.86. The molecule has 27 heavy (non-hydrogen) atoms. The van der Waals surface area contributed by atoms with E-state index in [1.807, 2.05) is 0 Å². The maximum atomic E-state index is 12.9. The van der Waals surface area contributed by atoms with Gasteiger partial charge in [0.15, 0.2) is 5.82 Å². The zero-order valence-corrected chi connectivity index (χ0v) is 14.5. The van der Waals surface area contributed by atoms with Crippen LogP contribution in [0.15, 0.2) is 53.3 Å². The number of ether oxygens (including phenoxy) is 1. The molecule has 1 aliphatic rings. The van der Waals surface area contributed by atoms with Crippen molar-refractivity contribution < 1.29 is 9.53 Å². The minimum Gasteiger partial charge on any atom is -0.497 e. The molecule has 4 rings (SSSR count). The Kier molecular flexibility index (Phi) is 3.97. The third kappa shape index (κ3) is 2.75. The molecule has 2 heterocycles. The Bertz CT molecular complexity index is 1120. The number of methoxy groups -OCH3 is 1. The number of aromatic nitrogens is 3. The molecule has 0 saturated carbocycles. The number of nitrogens with zero attached hydrogens (tertiary/aromatic N) is 5. The van der Waals surface area contributed by atoms with Crippen LogP contribution in [0.1, 0.15) is 17.0 Å². The highest BCUT2D eigenvalue weighted by atomic mass is 16.5. The number of carbonyl (C=O) groups is 1. The van der Waals surface area contributed by atoms with Crippen molar-refractivity contribution in [3.05, 3.63) is 76.0 Å². The first-order valence-corrected chi connectivity index (χ1v) is 8.25. The summed E-state index contributed by atoms with van der Waals surface area (Å²) in [4.78, 5) is 30.8. The van der Waals surface area contributed by atoms with Crippen molar-refractivity contribution in [1.29, 1.82) is 5.26 Å². The first kappa shape index (κ1) is 16.6. The van der Waals surface area contributed by atoms with Gasteiger partial charge in [0.25, 0.3) is 0 Å². The standard InChI is InChI=1S/C19H15N5O3/c1-27-16-8-6-15(7-9-16)22-12-17-21-18(25)23(24(17)19(22)26)11-14-5-3-2-4-13(14)10-20/h2-9H,11-12H2,1H3. The summed E-state index contributed by atoms with van der Waals surface area (Å²) in [7, 11) is 1.57. The van der Waals surface area contributed by atoms with E-state index in [0.29, 0.717) is 28.4 Å². The van der Waals surface area contributed by atoms with E-state index in [0.717, 1.165) is 0 Å². The van der Waals surface area contributed by atoms with Gasteiger partial charge in [0.05, 0.1) is 31.8 Å². The largest absolute Gasteiger partial charge is 0.497 e. The summed E-state index contributed by atoms with van der Waals surface area (Å²) in [6.45, 7) is 0.297. The summed E-state index contributed by atoms with van der Waals surface area (Å²) in [5.74, 6) is 1.06. The summed E-state index contributed by atoms with van der Waals surface area (Å²) < 4.78 is 7.68. The van der Waals surface area contributed by atoms with E-state index in [-0.39, 0.29) is 19.1 Å². The molecule has 1 amide bonds. The fourth-order valence-corrected chi connectivity index (χ4v) is 3.11. The van der Waals surface area contributed by atoms with Crippen LogP contribution in [0.2, 0.25) is 0 Å². The minimum atomic E-state index is -0.513. The van der Waals surface area contributed by atoms with E-state index in [2.05, 4.69) is 11.1 Å². The monoisotopic (exact) mass is 361 g/mol. The molecular formula is C19H15N5O3. The summed E-state index contributed by atoms with van der Waals surface area (Å²) in [6.07, 6.45) is 0. The van der Waals surface area contributed by atoms with Crippen LogP contribution in [0, 0.1) is 11.3 Å². The maximum absolute atomic E-state index is 12.9. The van der Waals surface area contributed by atoms with Crippen molar-refractivity contribution in [2.75, 3.05) is 12.0 Å². The number of fused-ring (bicyclic) bond motifs is 1. The number of nitriles is 1. The smallest absolute Gasteiger partial charge is 0.364 e. The fourth-order valence-electron chi connectivity index (χ4n) is 3.11. The van der Waals surface area contributed by atoms with Crippen molar-refractivity contribution in [2.24, 2.45) is 0 Å². The van der Waals surface area contributed by atoms with Crippen molar-refractivity contribution in [2.45, 2.75) is 13.1 Å². The topological polar surface area (TPSA) is 93.2 Å². The number of benzene rings is 2. The Morgan fingerprint density at radius 3 is 2.59 bits per heavy atom. The Labute approximate surface area is 154 Å². The molecule has 3 aromatic rings. The van der Waals surface area contributed by atoms with E-state index in [1.54, 1.807) is 55.6 Å². The fraction of sp³-hybridized carbons (Fsp3) is 0.158. The van der Waals surface area contributed by atoms with Gasteiger partial charge in [-0.25, -0.2) is 14.3 Å². The molecule has 2 aromatic carbocycles. The van der Waals surface area contributed by atoms with Gasteiger partial charge in [0, 0.05) is 5.69 Å². The van der Waals surface area contributed by atoms with Gasteiger partial charge >= 0.3 is 11.7 Å². The molecule has 1 aliphatic heterocycles. The van der Waals surface area contributed by atoms with Gasteiger partial charge in [-0.3, -0.25) is 4.90 Å². The molecule has 0 spiro atoms. The molecule has 134 valence electrons. The zero-order valence-electron chi connectivity index (χ0n) is 14.5. The summed E-state index contributed by atoms with van der Waals surface area (Å²) >= 11 is 0. The second kappa shape index (κ2) is 6.46. The van der Waals surface area contributed by atoms with Crippen molar-refractivity contribution in [1.82, 2.24) is 14.3 Å². The first-order chi connectivity index (χ1) is 13.1. The lowest BCUT2D eigenvalue weighted by Crippen LogP contribution is -2.34. The number of anilines is 1. The summed E-state index contributed by atoms with van der Waals surface area (Å²) in [6, 6.07) is 15.8. The normalized spacial score (nSPS) is 12.7. The molecule has 0 aliphatic carbocycles. The Morgan fingerprint density at radius 1 is 1.15 bits per heavy atom. The molecule has 0 saturated heterocycles. The van der Waals surface area contributed by atoms with E-state index in [9.17, 15) is 14.9 Å². The van der Waals surface area contributed by atoms with E-state index >= 15 is 0 Å². The molecule has 8 heteroatoms. The molecular weight excluding hydrogens is 346 g/mol. The van der Waals surface area contributed by atoms with Gasteiger partial charge in [-0.1, -0.05) is 18.2 Å². The minimum absolute atomic E-state index is 0.0950. The highest BCUT2D eigenvalue weighted by Crippen LogP contribution is 2.25. The third-order valence-corrected chi connectivity index (χ3v) is 4.49. The van der Waals surface area contributed by atoms with Gasteiger partial charge in [-0.05, 0) is 35.9 Å². The first-order valence-electron chi connectivity index (χ1n) is 8.25. The highest BCUT2D eigenvalue weighted by molar-refractivity contribution is 5.95. The number of rotatable bonds is 4. The lowest BCUT2D eigenvalue weighted by atomic mass is 10.1. The molecule has 0 unspecified atom stereocenters. The average molecular weight is 361 g/mol. The SMILES string of the molecule is COc1ccc(N2Cc3nc(=O)n(Cc4ccccc4C#N)n3C2=O)cc1.